The molecule has 1 atom stereocenters. The first-order valence-electron chi connectivity index (χ1n) is 6.85. The molecule has 1 unspecified atom stereocenters. The van der Waals surface area contributed by atoms with E-state index in [1.165, 1.54) is 11.3 Å². The summed E-state index contributed by atoms with van der Waals surface area (Å²) in [6.45, 7) is 0. The Balaban J connectivity index is 2.05. The average molecular weight is 439 g/mol. The Morgan fingerprint density at radius 1 is 1.24 bits per heavy atom. The fraction of sp³-hybridized carbons (Fsp3) is 0.200. The van der Waals surface area contributed by atoms with E-state index in [4.69, 9.17) is 0 Å². The zero-order chi connectivity index (χ0) is 18.4. The lowest BCUT2D eigenvalue weighted by molar-refractivity contribution is -0.163. The third-order valence-electron chi connectivity index (χ3n) is 3.51. The SMILES string of the molecule is O=C(C1=NN(c2ccc(F)cc2F)C(c2ccc(Br)s2)C1)C(F)(F)F. The van der Waals surface area contributed by atoms with Crippen molar-refractivity contribution in [2.24, 2.45) is 5.10 Å². The minimum Gasteiger partial charge on any atom is -0.282 e. The quantitative estimate of drug-likeness (QED) is 0.614. The predicted molar refractivity (Wildman–Crippen MR) is 86.7 cm³/mol. The van der Waals surface area contributed by atoms with E-state index in [0.717, 1.165) is 20.9 Å². The van der Waals surface area contributed by atoms with Gasteiger partial charge < -0.3 is 0 Å². The van der Waals surface area contributed by atoms with Crippen molar-refractivity contribution in [1.82, 2.24) is 0 Å². The molecule has 0 saturated carbocycles. The van der Waals surface area contributed by atoms with Gasteiger partial charge in [0.2, 0.25) is 0 Å². The van der Waals surface area contributed by atoms with E-state index in [2.05, 4.69) is 21.0 Å². The van der Waals surface area contributed by atoms with Gasteiger partial charge in [0.1, 0.15) is 11.5 Å². The topological polar surface area (TPSA) is 32.7 Å². The van der Waals surface area contributed by atoms with Crippen LogP contribution in [0.1, 0.15) is 17.3 Å². The summed E-state index contributed by atoms with van der Waals surface area (Å²) >= 11 is 4.47. The Hall–Kier alpha value is -1.81. The van der Waals surface area contributed by atoms with Crippen LogP contribution in [0.4, 0.5) is 27.6 Å². The monoisotopic (exact) mass is 438 g/mol. The summed E-state index contributed by atoms with van der Waals surface area (Å²) in [6.07, 6.45) is -5.40. The molecular formula is C15H8BrF5N2OS. The number of ketones is 1. The lowest BCUT2D eigenvalue weighted by Crippen LogP contribution is -2.30. The number of alkyl halides is 3. The molecule has 1 aliphatic rings. The van der Waals surface area contributed by atoms with Gasteiger partial charge in [-0.05, 0) is 40.2 Å². The molecule has 1 aliphatic heterocycles. The molecule has 1 aromatic heterocycles. The van der Waals surface area contributed by atoms with Crippen molar-refractivity contribution in [2.45, 2.75) is 18.6 Å². The number of hydrazone groups is 1. The highest BCUT2D eigenvalue weighted by atomic mass is 79.9. The molecule has 0 aliphatic carbocycles. The van der Waals surface area contributed by atoms with Crippen LogP contribution in [0.25, 0.3) is 0 Å². The molecule has 0 spiro atoms. The molecule has 3 nitrogen and oxygen atoms in total. The van der Waals surface area contributed by atoms with Crippen molar-refractivity contribution in [2.75, 3.05) is 5.01 Å². The third-order valence-corrected chi connectivity index (χ3v) is 5.23. The number of halogens is 6. The average Bonchev–Trinajstić information content (AvgIpc) is 3.11. The Morgan fingerprint density at radius 3 is 2.52 bits per heavy atom. The van der Waals surface area contributed by atoms with Crippen molar-refractivity contribution in [1.29, 1.82) is 0 Å². The second-order valence-electron chi connectivity index (χ2n) is 5.18. The van der Waals surface area contributed by atoms with Crippen molar-refractivity contribution in [3.8, 4) is 0 Å². The van der Waals surface area contributed by atoms with E-state index < -0.39 is 35.3 Å². The van der Waals surface area contributed by atoms with Gasteiger partial charge in [-0.25, -0.2) is 8.78 Å². The number of hydrogen-bond acceptors (Lipinski definition) is 4. The molecule has 25 heavy (non-hydrogen) atoms. The summed E-state index contributed by atoms with van der Waals surface area (Å²) < 4.78 is 66.1. The number of carbonyl (C=O) groups is 1. The van der Waals surface area contributed by atoms with Crippen molar-refractivity contribution in [3.63, 3.8) is 0 Å². The van der Waals surface area contributed by atoms with Gasteiger partial charge in [0.15, 0.2) is 5.82 Å². The maximum Gasteiger partial charge on any atom is 0.456 e. The summed E-state index contributed by atoms with van der Waals surface area (Å²) in [6, 6.07) is 5.18. The molecule has 0 bridgehead atoms. The Labute approximate surface area is 150 Å². The summed E-state index contributed by atoms with van der Waals surface area (Å²) in [7, 11) is 0. The fourth-order valence-electron chi connectivity index (χ4n) is 2.43. The van der Waals surface area contributed by atoms with Gasteiger partial charge in [0, 0.05) is 17.4 Å². The van der Waals surface area contributed by atoms with E-state index >= 15 is 0 Å². The minimum atomic E-state index is -5.07. The zero-order valence-electron chi connectivity index (χ0n) is 12.1. The van der Waals surface area contributed by atoms with Crippen LogP contribution in [0.15, 0.2) is 39.2 Å². The molecule has 10 heteroatoms. The summed E-state index contributed by atoms with van der Waals surface area (Å²) in [4.78, 5) is 12.1. The molecule has 0 radical (unpaired) electrons. The van der Waals surface area contributed by atoms with Crippen LogP contribution in [0, 0.1) is 11.6 Å². The van der Waals surface area contributed by atoms with E-state index in [-0.39, 0.29) is 12.1 Å². The van der Waals surface area contributed by atoms with Crippen molar-refractivity contribution in [3.05, 3.63) is 50.6 Å². The highest BCUT2D eigenvalue weighted by Crippen LogP contribution is 2.41. The van der Waals surface area contributed by atoms with Gasteiger partial charge in [0.05, 0.1) is 15.5 Å². The summed E-state index contributed by atoms with van der Waals surface area (Å²) in [5.41, 5.74) is -0.924. The first-order chi connectivity index (χ1) is 11.7. The van der Waals surface area contributed by atoms with E-state index in [9.17, 15) is 26.7 Å². The fourth-order valence-corrected chi connectivity index (χ4v) is 3.94. The second kappa shape index (κ2) is 6.49. The van der Waals surface area contributed by atoms with Crippen LogP contribution < -0.4 is 5.01 Å². The standard InChI is InChI=1S/C15H8BrF5N2OS/c16-13-4-3-12(25-13)11-6-9(14(24)15(19,20)21)22-23(11)10-2-1-7(17)5-8(10)18/h1-5,11H,6H2. The van der Waals surface area contributed by atoms with Crippen LogP contribution >= 0.6 is 27.3 Å². The molecule has 3 rings (SSSR count). The second-order valence-corrected chi connectivity index (χ2v) is 7.67. The summed E-state index contributed by atoms with van der Waals surface area (Å²) in [5, 5.41) is 4.68. The lowest BCUT2D eigenvalue weighted by atomic mass is 10.1. The Kier molecular flexibility index (Phi) is 4.67. The predicted octanol–water partition coefficient (Wildman–Crippen LogP) is 5.23. The molecule has 2 heterocycles. The normalized spacial score (nSPS) is 17.8. The highest BCUT2D eigenvalue weighted by molar-refractivity contribution is 9.11. The first-order valence-corrected chi connectivity index (χ1v) is 8.46. The van der Waals surface area contributed by atoms with Crippen molar-refractivity contribution < 1.29 is 26.7 Å². The van der Waals surface area contributed by atoms with Crippen LogP contribution in [-0.2, 0) is 4.79 Å². The van der Waals surface area contributed by atoms with Gasteiger partial charge in [-0.15, -0.1) is 11.3 Å². The number of Topliss-reactive ketones (excluding diaryl/α,β-unsaturated/α-hetero) is 1. The lowest BCUT2D eigenvalue weighted by Gasteiger charge is -2.23. The number of anilines is 1. The molecule has 0 amide bonds. The van der Waals surface area contributed by atoms with Gasteiger partial charge in [-0.3, -0.25) is 9.80 Å². The van der Waals surface area contributed by atoms with Crippen molar-refractivity contribution >= 4 is 44.4 Å². The van der Waals surface area contributed by atoms with E-state index in [0.29, 0.717) is 10.9 Å². The molecule has 1 aromatic carbocycles. The minimum absolute atomic E-state index is 0.208. The first kappa shape index (κ1) is 18.0. The smallest absolute Gasteiger partial charge is 0.282 e. The number of carbonyl (C=O) groups excluding carboxylic acids is 1. The Bertz CT molecular complexity index is 864. The van der Waals surface area contributed by atoms with Crippen LogP contribution in [-0.4, -0.2) is 17.7 Å². The van der Waals surface area contributed by atoms with Crippen LogP contribution in [0.3, 0.4) is 0 Å². The summed E-state index contributed by atoms with van der Waals surface area (Å²) in [5.74, 6) is -3.88. The molecular weight excluding hydrogens is 431 g/mol. The number of thiophene rings is 1. The largest absolute Gasteiger partial charge is 0.456 e. The Morgan fingerprint density at radius 2 is 1.96 bits per heavy atom. The molecule has 0 N–H and O–H groups in total. The number of hydrogen-bond donors (Lipinski definition) is 0. The molecule has 132 valence electrons. The van der Waals surface area contributed by atoms with Crippen LogP contribution in [0.5, 0.6) is 0 Å². The molecule has 0 saturated heterocycles. The van der Waals surface area contributed by atoms with Crippen LogP contribution in [0.2, 0.25) is 0 Å². The maximum absolute atomic E-state index is 14.1. The van der Waals surface area contributed by atoms with Gasteiger partial charge in [-0.2, -0.15) is 18.3 Å². The maximum atomic E-state index is 14.1. The number of benzene rings is 1. The van der Waals surface area contributed by atoms with Gasteiger partial charge in [0.25, 0.3) is 5.78 Å². The molecule has 2 aromatic rings. The van der Waals surface area contributed by atoms with Gasteiger partial charge in [-0.1, -0.05) is 0 Å². The number of nitrogens with zero attached hydrogens (tertiary/aromatic N) is 2. The van der Waals surface area contributed by atoms with E-state index in [1.807, 2.05) is 0 Å². The van der Waals surface area contributed by atoms with Gasteiger partial charge >= 0.3 is 6.18 Å². The zero-order valence-corrected chi connectivity index (χ0v) is 14.6. The highest BCUT2D eigenvalue weighted by Gasteiger charge is 2.46. The van der Waals surface area contributed by atoms with E-state index in [1.54, 1.807) is 12.1 Å². The number of rotatable bonds is 3. The molecule has 0 fully saturated rings. The third kappa shape index (κ3) is 3.59.